The van der Waals surface area contributed by atoms with Gasteiger partial charge in [0, 0.05) is 29.8 Å². The van der Waals surface area contributed by atoms with E-state index in [4.69, 9.17) is 4.74 Å². The number of benzene rings is 1. The molecule has 1 aliphatic carbocycles. The minimum absolute atomic E-state index is 0.148. The molecule has 21 heavy (non-hydrogen) atoms. The lowest BCUT2D eigenvalue weighted by atomic mass is 9.77. The minimum atomic E-state index is -0.869. The number of carboxylic acids is 1. The third-order valence-electron chi connectivity index (χ3n) is 5.44. The number of hydrogen-bond donors (Lipinski definition) is 2. The maximum atomic E-state index is 11.2. The van der Waals surface area contributed by atoms with Gasteiger partial charge in [0.2, 0.25) is 0 Å². The van der Waals surface area contributed by atoms with E-state index in [1.807, 2.05) is 6.07 Å². The van der Waals surface area contributed by atoms with Gasteiger partial charge in [0.15, 0.2) is 0 Å². The first-order valence-corrected chi connectivity index (χ1v) is 7.99. The number of fused-ring (bicyclic) bond motifs is 3. The highest BCUT2D eigenvalue weighted by Crippen LogP contribution is 2.48. The molecule has 112 valence electrons. The quantitative estimate of drug-likeness (QED) is 0.874. The van der Waals surface area contributed by atoms with Crippen LogP contribution in [0.4, 0.5) is 5.69 Å². The summed E-state index contributed by atoms with van der Waals surface area (Å²) in [5, 5.41) is 12.9. The van der Waals surface area contributed by atoms with Crippen LogP contribution < -0.4 is 5.32 Å². The van der Waals surface area contributed by atoms with Crippen molar-refractivity contribution in [2.24, 2.45) is 11.8 Å². The number of carbonyl (C=O) groups is 1. The highest BCUT2D eigenvalue weighted by atomic mass is 16.5. The van der Waals surface area contributed by atoms with E-state index in [9.17, 15) is 9.90 Å². The van der Waals surface area contributed by atoms with Gasteiger partial charge in [-0.15, -0.1) is 0 Å². The van der Waals surface area contributed by atoms with E-state index in [1.54, 1.807) is 12.1 Å². The molecule has 0 amide bonds. The third-order valence-corrected chi connectivity index (χ3v) is 5.44. The number of anilines is 1. The van der Waals surface area contributed by atoms with Crippen LogP contribution in [0, 0.1) is 11.8 Å². The molecule has 2 N–H and O–H groups in total. The molecule has 2 heterocycles. The van der Waals surface area contributed by atoms with Crippen LogP contribution in [0.1, 0.15) is 54.1 Å². The van der Waals surface area contributed by atoms with Crippen molar-refractivity contribution in [3.05, 3.63) is 29.3 Å². The van der Waals surface area contributed by atoms with Crippen molar-refractivity contribution >= 4 is 11.7 Å². The average Bonchev–Trinajstić information content (AvgIpc) is 3.17. The second-order valence-corrected chi connectivity index (χ2v) is 6.57. The van der Waals surface area contributed by atoms with Crippen molar-refractivity contribution in [3.8, 4) is 0 Å². The molecule has 4 nitrogen and oxygen atoms in total. The lowest BCUT2D eigenvalue weighted by Gasteiger charge is -2.39. The van der Waals surface area contributed by atoms with E-state index in [0.717, 1.165) is 24.3 Å². The summed E-state index contributed by atoms with van der Waals surface area (Å²) in [4.78, 5) is 11.2. The summed E-state index contributed by atoms with van der Waals surface area (Å²) in [7, 11) is 0. The highest BCUT2D eigenvalue weighted by molar-refractivity contribution is 5.89. The van der Waals surface area contributed by atoms with Crippen LogP contribution in [0.25, 0.3) is 0 Å². The first-order valence-electron chi connectivity index (χ1n) is 7.99. The van der Waals surface area contributed by atoms with Gasteiger partial charge in [0.25, 0.3) is 0 Å². The Bertz CT molecular complexity index is 565. The summed E-state index contributed by atoms with van der Waals surface area (Å²) >= 11 is 0. The second kappa shape index (κ2) is 5.02. The fourth-order valence-corrected chi connectivity index (χ4v) is 4.43. The molecule has 4 rings (SSSR count). The number of hydrogen-bond acceptors (Lipinski definition) is 3. The molecule has 4 heteroatoms. The smallest absolute Gasteiger partial charge is 0.335 e. The maximum absolute atomic E-state index is 11.2. The van der Waals surface area contributed by atoms with E-state index >= 15 is 0 Å². The molecule has 3 aliphatic rings. The Morgan fingerprint density at radius 2 is 2.05 bits per heavy atom. The van der Waals surface area contributed by atoms with Crippen LogP contribution >= 0.6 is 0 Å². The van der Waals surface area contributed by atoms with Crippen LogP contribution in [-0.2, 0) is 4.74 Å². The zero-order valence-electron chi connectivity index (χ0n) is 12.0. The molecular weight excluding hydrogens is 266 g/mol. The summed E-state index contributed by atoms with van der Waals surface area (Å²) in [6.07, 6.45) is 6.48. The molecule has 1 saturated carbocycles. The number of carboxylic acid groups (broad SMARTS) is 1. The lowest BCUT2D eigenvalue weighted by molar-refractivity contribution is 0.0693. The van der Waals surface area contributed by atoms with Crippen LogP contribution in [0.2, 0.25) is 0 Å². The Hall–Kier alpha value is -1.55. The zero-order chi connectivity index (χ0) is 14.4. The lowest BCUT2D eigenvalue weighted by Crippen LogP contribution is -2.40. The van der Waals surface area contributed by atoms with E-state index in [-0.39, 0.29) is 6.10 Å². The molecule has 3 unspecified atom stereocenters. The van der Waals surface area contributed by atoms with E-state index in [0.29, 0.717) is 23.4 Å². The molecule has 0 spiro atoms. The van der Waals surface area contributed by atoms with E-state index in [1.165, 1.54) is 25.7 Å². The zero-order valence-corrected chi connectivity index (χ0v) is 12.0. The van der Waals surface area contributed by atoms with Gasteiger partial charge in [-0.3, -0.25) is 0 Å². The molecule has 0 bridgehead atoms. The summed E-state index contributed by atoms with van der Waals surface area (Å²) in [5.74, 6) is 0.378. The average molecular weight is 287 g/mol. The van der Waals surface area contributed by atoms with Crippen molar-refractivity contribution < 1.29 is 14.6 Å². The first-order chi connectivity index (χ1) is 10.2. The predicted molar refractivity (Wildman–Crippen MR) is 79.6 cm³/mol. The molecule has 1 saturated heterocycles. The van der Waals surface area contributed by atoms with Gasteiger partial charge >= 0.3 is 5.97 Å². The summed E-state index contributed by atoms with van der Waals surface area (Å²) in [6, 6.07) is 5.84. The van der Waals surface area contributed by atoms with Crippen molar-refractivity contribution in [1.82, 2.24) is 0 Å². The SMILES string of the molecule is O=C(O)c1ccc2c(c1)NC(C1CCCC1)C1CCOC21. The van der Waals surface area contributed by atoms with Crippen LogP contribution in [0.15, 0.2) is 18.2 Å². The van der Waals surface area contributed by atoms with Gasteiger partial charge in [-0.05, 0) is 37.3 Å². The summed E-state index contributed by atoms with van der Waals surface area (Å²) in [6.45, 7) is 0.820. The molecule has 1 aromatic rings. The molecular formula is C17H21NO3. The molecule has 3 atom stereocenters. The van der Waals surface area contributed by atoms with Crippen molar-refractivity contribution in [2.45, 2.75) is 44.2 Å². The van der Waals surface area contributed by atoms with Crippen molar-refractivity contribution in [2.75, 3.05) is 11.9 Å². The number of nitrogens with one attached hydrogen (secondary N) is 1. The standard InChI is InChI=1S/C17H21NO3/c19-17(20)11-5-6-12-14(9-11)18-15(10-3-1-2-4-10)13-7-8-21-16(12)13/h5-6,9-10,13,15-16,18H,1-4,7-8H2,(H,19,20). The Morgan fingerprint density at radius 3 is 2.81 bits per heavy atom. The minimum Gasteiger partial charge on any atom is -0.478 e. The Balaban J connectivity index is 1.71. The summed E-state index contributed by atoms with van der Waals surface area (Å²) < 4.78 is 5.99. The number of aromatic carboxylic acids is 1. The third kappa shape index (κ3) is 2.13. The largest absolute Gasteiger partial charge is 0.478 e. The maximum Gasteiger partial charge on any atom is 0.335 e. The van der Waals surface area contributed by atoms with Crippen LogP contribution in [-0.4, -0.2) is 23.7 Å². The Morgan fingerprint density at radius 1 is 1.24 bits per heavy atom. The predicted octanol–water partition coefficient (Wildman–Crippen LogP) is 3.45. The second-order valence-electron chi connectivity index (χ2n) is 6.57. The van der Waals surface area contributed by atoms with Gasteiger partial charge in [-0.2, -0.15) is 0 Å². The topological polar surface area (TPSA) is 58.6 Å². The molecule has 2 fully saturated rings. The van der Waals surface area contributed by atoms with Gasteiger partial charge in [-0.25, -0.2) is 4.79 Å². The van der Waals surface area contributed by atoms with Gasteiger partial charge in [-0.1, -0.05) is 18.9 Å². The molecule has 0 aromatic heterocycles. The van der Waals surface area contributed by atoms with Gasteiger partial charge < -0.3 is 15.2 Å². The Kier molecular flexibility index (Phi) is 3.14. The first kappa shape index (κ1) is 13.1. The highest BCUT2D eigenvalue weighted by Gasteiger charge is 2.44. The molecule has 1 aromatic carbocycles. The van der Waals surface area contributed by atoms with E-state index < -0.39 is 5.97 Å². The van der Waals surface area contributed by atoms with Crippen LogP contribution in [0.3, 0.4) is 0 Å². The summed E-state index contributed by atoms with van der Waals surface area (Å²) in [5.41, 5.74) is 2.45. The Labute approximate surface area is 124 Å². The normalized spacial score (nSPS) is 31.5. The number of ether oxygens (including phenoxy) is 1. The molecule has 2 aliphatic heterocycles. The van der Waals surface area contributed by atoms with E-state index in [2.05, 4.69) is 5.32 Å². The van der Waals surface area contributed by atoms with Crippen LogP contribution in [0.5, 0.6) is 0 Å². The van der Waals surface area contributed by atoms with Gasteiger partial charge in [0.1, 0.15) is 0 Å². The monoisotopic (exact) mass is 287 g/mol. The van der Waals surface area contributed by atoms with Gasteiger partial charge in [0.05, 0.1) is 11.7 Å². The molecule has 0 radical (unpaired) electrons. The fraction of sp³-hybridized carbons (Fsp3) is 0.588. The van der Waals surface area contributed by atoms with Crippen molar-refractivity contribution in [3.63, 3.8) is 0 Å². The number of rotatable bonds is 2. The van der Waals surface area contributed by atoms with Crippen molar-refractivity contribution in [1.29, 1.82) is 0 Å². The fourth-order valence-electron chi connectivity index (χ4n) is 4.43.